The van der Waals surface area contributed by atoms with Gasteiger partial charge in [0.2, 0.25) is 0 Å². The molecule has 4 heteroatoms. The predicted octanol–water partition coefficient (Wildman–Crippen LogP) is 4.28. The highest BCUT2D eigenvalue weighted by molar-refractivity contribution is 7.11. The smallest absolute Gasteiger partial charge is 0.0972 e. The van der Waals surface area contributed by atoms with Crippen molar-refractivity contribution in [3.05, 3.63) is 50.9 Å². The van der Waals surface area contributed by atoms with Gasteiger partial charge in [0.25, 0.3) is 0 Å². The average molecular weight is 295 g/mol. The number of hydrogen-bond donors (Lipinski definition) is 1. The third-order valence-corrected chi connectivity index (χ3v) is 4.32. The average Bonchev–Trinajstić information content (AvgIpc) is 2.83. The van der Waals surface area contributed by atoms with Crippen LogP contribution in [0, 0.1) is 0 Å². The maximum atomic E-state index is 5.99. The number of benzene rings is 1. The zero-order valence-corrected chi connectivity index (χ0v) is 12.9. The van der Waals surface area contributed by atoms with Crippen LogP contribution in [0.5, 0.6) is 0 Å². The van der Waals surface area contributed by atoms with Gasteiger partial charge in [-0.15, -0.1) is 11.3 Å². The summed E-state index contributed by atoms with van der Waals surface area (Å²) in [4.78, 5) is 5.77. The van der Waals surface area contributed by atoms with Gasteiger partial charge in [-0.2, -0.15) is 0 Å². The molecule has 0 spiro atoms. The fourth-order valence-electron chi connectivity index (χ4n) is 1.75. The second-order valence-corrected chi connectivity index (χ2v) is 6.35. The van der Waals surface area contributed by atoms with E-state index in [9.17, 15) is 0 Å². The van der Waals surface area contributed by atoms with Crippen LogP contribution in [0.25, 0.3) is 0 Å². The van der Waals surface area contributed by atoms with Gasteiger partial charge in [-0.25, -0.2) is 4.98 Å². The van der Waals surface area contributed by atoms with Gasteiger partial charge < -0.3 is 5.32 Å². The van der Waals surface area contributed by atoms with Crippen LogP contribution < -0.4 is 5.32 Å². The zero-order valence-electron chi connectivity index (χ0n) is 11.3. The van der Waals surface area contributed by atoms with Crippen LogP contribution in [0.15, 0.2) is 30.5 Å². The number of nitrogens with zero attached hydrogens (tertiary/aromatic N) is 1. The van der Waals surface area contributed by atoms with Gasteiger partial charge in [-0.1, -0.05) is 30.7 Å². The normalized spacial score (nSPS) is 12.6. The van der Waals surface area contributed by atoms with Crippen LogP contribution in [-0.4, -0.2) is 11.0 Å². The van der Waals surface area contributed by atoms with E-state index in [2.05, 4.69) is 30.2 Å². The van der Waals surface area contributed by atoms with Gasteiger partial charge in [-0.3, -0.25) is 0 Å². The Morgan fingerprint density at radius 3 is 3.00 bits per heavy atom. The molecule has 2 rings (SSSR count). The molecule has 1 heterocycles. The van der Waals surface area contributed by atoms with E-state index >= 15 is 0 Å². The first-order valence-corrected chi connectivity index (χ1v) is 7.78. The minimum Gasteiger partial charge on any atom is -0.309 e. The Labute approximate surface area is 123 Å². The van der Waals surface area contributed by atoms with Gasteiger partial charge in [0.15, 0.2) is 0 Å². The highest BCUT2D eigenvalue weighted by atomic mass is 35.5. The van der Waals surface area contributed by atoms with Crippen molar-refractivity contribution in [1.82, 2.24) is 10.3 Å². The Balaban J connectivity index is 1.94. The SMILES string of the molecule is CCC(C)NCc1cnc(Cc2cccc(Cl)c2)s1. The molecule has 0 aliphatic heterocycles. The summed E-state index contributed by atoms with van der Waals surface area (Å²) in [5.74, 6) is 0. The molecule has 0 saturated heterocycles. The molecule has 102 valence electrons. The molecule has 1 aromatic carbocycles. The van der Waals surface area contributed by atoms with E-state index in [1.165, 1.54) is 10.4 Å². The highest BCUT2D eigenvalue weighted by Crippen LogP contribution is 2.19. The van der Waals surface area contributed by atoms with E-state index in [1.807, 2.05) is 24.4 Å². The highest BCUT2D eigenvalue weighted by Gasteiger charge is 2.05. The topological polar surface area (TPSA) is 24.9 Å². The first-order chi connectivity index (χ1) is 9.17. The quantitative estimate of drug-likeness (QED) is 0.860. The molecule has 0 bridgehead atoms. The molecule has 0 aliphatic rings. The van der Waals surface area contributed by atoms with Crippen molar-refractivity contribution in [1.29, 1.82) is 0 Å². The largest absolute Gasteiger partial charge is 0.309 e. The Morgan fingerprint density at radius 2 is 2.26 bits per heavy atom. The minimum absolute atomic E-state index is 0.554. The van der Waals surface area contributed by atoms with Gasteiger partial charge in [0, 0.05) is 35.1 Å². The zero-order chi connectivity index (χ0) is 13.7. The van der Waals surface area contributed by atoms with Crippen molar-refractivity contribution < 1.29 is 0 Å². The number of rotatable bonds is 6. The van der Waals surface area contributed by atoms with Crippen molar-refractivity contribution in [2.45, 2.75) is 39.3 Å². The number of halogens is 1. The standard InChI is InChI=1S/C15H19ClN2S/c1-3-11(2)17-9-14-10-18-15(19-14)8-12-5-4-6-13(16)7-12/h4-7,10-11,17H,3,8-9H2,1-2H3. The van der Waals surface area contributed by atoms with Crippen LogP contribution >= 0.6 is 22.9 Å². The maximum absolute atomic E-state index is 5.99. The minimum atomic E-state index is 0.554. The number of thiazole rings is 1. The Morgan fingerprint density at radius 1 is 1.42 bits per heavy atom. The summed E-state index contributed by atoms with van der Waals surface area (Å²) in [5.41, 5.74) is 1.21. The van der Waals surface area contributed by atoms with Crippen molar-refractivity contribution >= 4 is 22.9 Å². The van der Waals surface area contributed by atoms with Gasteiger partial charge in [-0.05, 0) is 31.0 Å². The summed E-state index contributed by atoms with van der Waals surface area (Å²) in [6.45, 7) is 5.30. The summed E-state index contributed by atoms with van der Waals surface area (Å²) in [6, 6.07) is 8.52. The third-order valence-electron chi connectivity index (χ3n) is 3.08. The molecule has 2 nitrogen and oxygen atoms in total. The van der Waals surface area contributed by atoms with Crippen molar-refractivity contribution in [2.24, 2.45) is 0 Å². The summed E-state index contributed by atoms with van der Waals surface area (Å²) >= 11 is 7.76. The molecule has 1 aromatic heterocycles. The molecule has 1 atom stereocenters. The molecular weight excluding hydrogens is 276 g/mol. The van der Waals surface area contributed by atoms with Crippen LogP contribution in [-0.2, 0) is 13.0 Å². The summed E-state index contributed by atoms with van der Waals surface area (Å²) in [6.07, 6.45) is 3.97. The molecule has 0 aliphatic carbocycles. The number of aromatic nitrogens is 1. The maximum Gasteiger partial charge on any atom is 0.0972 e. The molecule has 0 amide bonds. The van der Waals surface area contributed by atoms with Crippen LogP contribution in [0.3, 0.4) is 0 Å². The fourth-order valence-corrected chi connectivity index (χ4v) is 2.87. The lowest BCUT2D eigenvalue weighted by Gasteiger charge is -2.08. The van der Waals surface area contributed by atoms with E-state index < -0.39 is 0 Å². The third kappa shape index (κ3) is 4.60. The molecule has 0 saturated carbocycles. The lowest BCUT2D eigenvalue weighted by Crippen LogP contribution is -2.23. The Hall–Kier alpha value is -0.900. The first-order valence-electron chi connectivity index (χ1n) is 6.58. The van der Waals surface area contributed by atoms with Gasteiger partial charge in [0.05, 0.1) is 5.01 Å². The van der Waals surface area contributed by atoms with Crippen LogP contribution in [0.2, 0.25) is 5.02 Å². The monoisotopic (exact) mass is 294 g/mol. The predicted molar refractivity (Wildman–Crippen MR) is 83.0 cm³/mol. The van der Waals surface area contributed by atoms with Crippen LogP contribution in [0.4, 0.5) is 0 Å². The van der Waals surface area contributed by atoms with Crippen molar-refractivity contribution in [3.63, 3.8) is 0 Å². The molecular formula is C15H19ClN2S. The van der Waals surface area contributed by atoms with Crippen molar-refractivity contribution in [3.8, 4) is 0 Å². The molecule has 1 N–H and O–H groups in total. The second kappa shape index (κ2) is 7.04. The van der Waals surface area contributed by atoms with E-state index in [1.54, 1.807) is 11.3 Å². The van der Waals surface area contributed by atoms with E-state index in [0.29, 0.717) is 6.04 Å². The molecule has 2 aromatic rings. The molecule has 0 fully saturated rings. The van der Waals surface area contributed by atoms with Gasteiger partial charge in [0.1, 0.15) is 0 Å². The van der Waals surface area contributed by atoms with E-state index in [0.717, 1.165) is 29.4 Å². The molecule has 19 heavy (non-hydrogen) atoms. The number of hydrogen-bond acceptors (Lipinski definition) is 3. The first kappa shape index (κ1) is 14.5. The lowest BCUT2D eigenvalue weighted by molar-refractivity contribution is 0.537. The van der Waals surface area contributed by atoms with E-state index in [-0.39, 0.29) is 0 Å². The van der Waals surface area contributed by atoms with Gasteiger partial charge >= 0.3 is 0 Å². The summed E-state index contributed by atoms with van der Waals surface area (Å²) < 4.78 is 0. The Kier molecular flexibility index (Phi) is 5.37. The van der Waals surface area contributed by atoms with E-state index in [4.69, 9.17) is 11.6 Å². The second-order valence-electron chi connectivity index (χ2n) is 4.72. The lowest BCUT2D eigenvalue weighted by atomic mass is 10.2. The molecule has 0 radical (unpaired) electrons. The van der Waals surface area contributed by atoms with Crippen LogP contribution in [0.1, 0.15) is 35.7 Å². The Bertz CT molecular complexity index is 524. The number of nitrogens with one attached hydrogen (secondary N) is 1. The summed E-state index contributed by atoms with van der Waals surface area (Å²) in [5, 5.41) is 5.41. The fraction of sp³-hybridized carbons (Fsp3) is 0.400. The van der Waals surface area contributed by atoms with Crippen molar-refractivity contribution in [2.75, 3.05) is 0 Å². The molecule has 1 unspecified atom stereocenters. The summed E-state index contributed by atoms with van der Waals surface area (Å²) in [7, 11) is 0.